The maximum atomic E-state index is 13.1. The third kappa shape index (κ3) is 5.54. The Balaban J connectivity index is 1.08. The number of hydrogen-bond acceptors (Lipinski definition) is 7. The molecule has 1 saturated heterocycles. The minimum absolute atomic E-state index is 0.00689. The summed E-state index contributed by atoms with van der Waals surface area (Å²) in [5.41, 5.74) is 2.79. The van der Waals surface area contributed by atoms with Gasteiger partial charge in [0.25, 0.3) is 0 Å². The highest BCUT2D eigenvalue weighted by Crippen LogP contribution is 2.41. The number of fused-ring (bicyclic) bond motifs is 4. The molecule has 1 N–H and O–H groups in total. The molecule has 41 heavy (non-hydrogen) atoms. The van der Waals surface area contributed by atoms with Crippen molar-refractivity contribution in [2.45, 2.75) is 65.2 Å². The molecule has 0 bridgehead atoms. The molecule has 1 aliphatic carbocycles. The van der Waals surface area contributed by atoms with Crippen LogP contribution in [0.4, 0.5) is 17.2 Å². The second kappa shape index (κ2) is 11.4. The number of para-hydroxylation sites is 2. The number of nitrogens with zero attached hydrogens (tertiary/aromatic N) is 5. The average molecular weight is 575 g/mol. The van der Waals surface area contributed by atoms with Gasteiger partial charge in [0.1, 0.15) is 23.0 Å². The smallest absolute Gasteiger partial charge is 0.244 e. The number of anilines is 3. The van der Waals surface area contributed by atoms with E-state index in [4.69, 9.17) is 9.97 Å². The molecule has 1 fully saturated rings. The number of carbonyl (C=O) groups excluding carboxylic acids is 3. The molecule has 3 amide bonds. The highest BCUT2D eigenvalue weighted by molar-refractivity contribution is 7.19. The van der Waals surface area contributed by atoms with E-state index >= 15 is 0 Å². The lowest BCUT2D eigenvalue weighted by molar-refractivity contribution is -0.131. The molecule has 0 unspecified atom stereocenters. The van der Waals surface area contributed by atoms with Gasteiger partial charge in [0.15, 0.2) is 0 Å². The number of thiophene rings is 1. The first-order valence-corrected chi connectivity index (χ1v) is 15.6. The molecule has 1 atom stereocenters. The Kier molecular flexibility index (Phi) is 7.68. The van der Waals surface area contributed by atoms with Crippen LogP contribution in [-0.4, -0.2) is 65.3 Å². The van der Waals surface area contributed by atoms with Gasteiger partial charge in [0, 0.05) is 49.8 Å². The Labute approximate surface area is 244 Å². The Morgan fingerprint density at radius 3 is 2.61 bits per heavy atom. The van der Waals surface area contributed by atoms with E-state index in [1.165, 1.54) is 27.1 Å². The summed E-state index contributed by atoms with van der Waals surface area (Å²) in [6.45, 7) is 9.35. The standard InChI is InChI=1S/C31H38N6O3S/c1-19(2)29-33-30(28-21-12-11-20(3)17-24(21)41-31(28)34-29)36-15-13-35(14-16-36)26(39)9-6-10-27(40)37-18-25(38)32-22-7-4-5-8-23(22)37/h4-5,7-8,19-20H,6,9-18H2,1-3H3,(H,32,38)/t20-/m1/s1. The summed E-state index contributed by atoms with van der Waals surface area (Å²) in [5, 5.41) is 4.03. The Morgan fingerprint density at radius 1 is 1.07 bits per heavy atom. The molecule has 3 aromatic rings. The van der Waals surface area contributed by atoms with E-state index in [2.05, 4.69) is 31.0 Å². The van der Waals surface area contributed by atoms with Crippen molar-refractivity contribution in [1.29, 1.82) is 0 Å². The number of hydrogen-bond donors (Lipinski definition) is 1. The van der Waals surface area contributed by atoms with E-state index in [1.807, 2.05) is 34.4 Å². The summed E-state index contributed by atoms with van der Waals surface area (Å²) in [5.74, 6) is 2.61. The first kappa shape index (κ1) is 27.6. The van der Waals surface area contributed by atoms with Crippen molar-refractivity contribution in [3.8, 4) is 0 Å². The van der Waals surface area contributed by atoms with Crippen LogP contribution in [0.3, 0.4) is 0 Å². The lowest BCUT2D eigenvalue weighted by Gasteiger charge is -2.36. The number of benzene rings is 1. The van der Waals surface area contributed by atoms with Crippen LogP contribution in [0.15, 0.2) is 24.3 Å². The van der Waals surface area contributed by atoms with Gasteiger partial charge in [-0.1, -0.05) is 32.9 Å². The zero-order valence-electron chi connectivity index (χ0n) is 24.1. The summed E-state index contributed by atoms with van der Waals surface area (Å²) < 4.78 is 0. The number of rotatable bonds is 6. The molecule has 1 aromatic carbocycles. The van der Waals surface area contributed by atoms with Gasteiger partial charge in [0.05, 0.1) is 16.8 Å². The number of carbonyl (C=O) groups is 3. The average Bonchev–Trinajstić information content (AvgIpc) is 3.33. The van der Waals surface area contributed by atoms with Gasteiger partial charge in [0.2, 0.25) is 17.7 Å². The molecule has 2 aliphatic heterocycles. The second-order valence-electron chi connectivity index (χ2n) is 11.9. The van der Waals surface area contributed by atoms with Crippen LogP contribution in [-0.2, 0) is 27.2 Å². The minimum atomic E-state index is -0.204. The number of nitrogens with one attached hydrogen (secondary N) is 1. The molecule has 0 saturated carbocycles. The van der Waals surface area contributed by atoms with Gasteiger partial charge in [-0.05, 0) is 49.3 Å². The molecule has 9 nitrogen and oxygen atoms in total. The van der Waals surface area contributed by atoms with Gasteiger partial charge in [-0.3, -0.25) is 14.4 Å². The Hall–Kier alpha value is -3.53. The molecule has 216 valence electrons. The second-order valence-corrected chi connectivity index (χ2v) is 12.9. The van der Waals surface area contributed by atoms with Crippen LogP contribution in [0.25, 0.3) is 10.2 Å². The zero-order chi connectivity index (χ0) is 28.7. The largest absolute Gasteiger partial charge is 0.352 e. The van der Waals surface area contributed by atoms with E-state index in [1.54, 1.807) is 6.07 Å². The Bertz CT molecular complexity index is 1490. The van der Waals surface area contributed by atoms with Crippen molar-refractivity contribution in [1.82, 2.24) is 14.9 Å². The SMILES string of the molecule is CC(C)c1nc(N2CCN(C(=O)CCCC(=O)N3CC(=O)Nc4ccccc43)CC2)c2c3c(sc2n1)C[C@H](C)CC3. The lowest BCUT2D eigenvalue weighted by Crippen LogP contribution is -2.49. The van der Waals surface area contributed by atoms with Crippen molar-refractivity contribution < 1.29 is 14.4 Å². The van der Waals surface area contributed by atoms with Crippen LogP contribution in [0, 0.1) is 5.92 Å². The van der Waals surface area contributed by atoms with Crippen LogP contribution in [0.5, 0.6) is 0 Å². The molecule has 4 heterocycles. The maximum Gasteiger partial charge on any atom is 0.244 e. The molecule has 0 radical (unpaired) electrons. The first-order chi connectivity index (χ1) is 19.8. The lowest BCUT2D eigenvalue weighted by atomic mass is 9.89. The maximum absolute atomic E-state index is 13.1. The topological polar surface area (TPSA) is 98.7 Å². The quantitative estimate of drug-likeness (QED) is 0.457. The molecular weight excluding hydrogens is 536 g/mol. The summed E-state index contributed by atoms with van der Waals surface area (Å²) in [6, 6.07) is 7.30. The highest BCUT2D eigenvalue weighted by atomic mass is 32.1. The van der Waals surface area contributed by atoms with E-state index in [9.17, 15) is 14.4 Å². The number of aryl methyl sites for hydroxylation is 1. The van der Waals surface area contributed by atoms with Gasteiger partial charge in [-0.15, -0.1) is 11.3 Å². The summed E-state index contributed by atoms with van der Waals surface area (Å²) in [7, 11) is 0. The molecule has 2 aromatic heterocycles. The molecule has 3 aliphatic rings. The zero-order valence-corrected chi connectivity index (χ0v) is 24.9. The van der Waals surface area contributed by atoms with E-state index < -0.39 is 0 Å². The normalized spacial score (nSPS) is 18.9. The summed E-state index contributed by atoms with van der Waals surface area (Å²) in [4.78, 5) is 56.5. The van der Waals surface area contributed by atoms with E-state index in [-0.39, 0.29) is 36.6 Å². The highest BCUT2D eigenvalue weighted by Gasteiger charge is 2.30. The van der Waals surface area contributed by atoms with Gasteiger partial charge >= 0.3 is 0 Å². The minimum Gasteiger partial charge on any atom is -0.352 e. The third-order valence-corrected chi connectivity index (χ3v) is 9.60. The fourth-order valence-corrected chi connectivity index (χ4v) is 7.52. The van der Waals surface area contributed by atoms with Gasteiger partial charge in [-0.2, -0.15) is 0 Å². The Morgan fingerprint density at radius 2 is 1.83 bits per heavy atom. The number of piperazine rings is 1. The number of amides is 3. The monoisotopic (exact) mass is 574 g/mol. The molecule has 10 heteroatoms. The molecule has 0 spiro atoms. The fraction of sp³-hybridized carbons (Fsp3) is 0.516. The number of aromatic nitrogens is 2. The van der Waals surface area contributed by atoms with E-state index in [0.29, 0.717) is 43.2 Å². The van der Waals surface area contributed by atoms with Crippen LogP contribution >= 0.6 is 11.3 Å². The van der Waals surface area contributed by atoms with E-state index in [0.717, 1.165) is 42.4 Å². The van der Waals surface area contributed by atoms with Crippen molar-refractivity contribution in [3.63, 3.8) is 0 Å². The van der Waals surface area contributed by atoms with Crippen LogP contribution < -0.4 is 15.1 Å². The predicted molar refractivity (Wildman–Crippen MR) is 163 cm³/mol. The van der Waals surface area contributed by atoms with Crippen LogP contribution in [0.2, 0.25) is 0 Å². The molecular formula is C31H38N6O3S. The van der Waals surface area contributed by atoms with Crippen molar-refractivity contribution in [2.24, 2.45) is 5.92 Å². The van der Waals surface area contributed by atoms with Crippen molar-refractivity contribution in [2.75, 3.05) is 47.8 Å². The van der Waals surface area contributed by atoms with Gasteiger partial charge in [-0.25, -0.2) is 9.97 Å². The first-order valence-electron chi connectivity index (χ1n) is 14.8. The summed E-state index contributed by atoms with van der Waals surface area (Å²) >= 11 is 1.84. The third-order valence-electron chi connectivity index (χ3n) is 8.45. The predicted octanol–water partition coefficient (Wildman–Crippen LogP) is 4.74. The summed E-state index contributed by atoms with van der Waals surface area (Å²) in [6.07, 6.45) is 4.41. The van der Waals surface area contributed by atoms with Crippen LogP contribution in [0.1, 0.15) is 68.6 Å². The molecule has 6 rings (SSSR count). The van der Waals surface area contributed by atoms with Crippen molar-refractivity contribution >= 4 is 56.5 Å². The van der Waals surface area contributed by atoms with Crippen molar-refractivity contribution in [3.05, 3.63) is 40.5 Å². The fourth-order valence-electron chi connectivity index (χ4n) is 6.13. The van der Waals surface area contributed by atoms with Gasteiger partial charge < -0.3 is 20.0 Å².